The maximum absolute atomic E-state index is 8.66. The van der Waals surface area contributed by atoms with Crippen LogP contribution < -0.4 is 0 Å². The Kier molecular flexibility index (Phi) is 4.19. The van der Waals surface area contributed by atoms with Crippen LogP contribution >= 0.6 is 0 Å². The minimum Gasteiger partial charge on any atom is -0.510 e. The number of hydrogen-bond donors (Lipinski definition) is 1. The average Bonchev–Trinajstić information content (AvgIpc) is 1.78. The summed E-state index contributed by atoms with van der Waals surface area (Å²) in [5, 5.41) is 8.66. The van der Waals surface area contributed by atoms with Gasteiger partial charge in [-0.05, 0) is 11.8 Å². The third kappa shape index (κ3) is 9.50. The van der Waals surface area contributed by atoms with Crippen molar-refractivity contribution in [3.05, 3.63) is 12.3 Å². The van der Waals surface area contributed by atoms with Gasteiger partial charge in [-0.25, -0.2) is 0 Å². The fraction of sp³-hybridized carbons (Fsp3) is 0.778. The van der Waals surface area contributed by atoms with Crippen LogP contribution in [-0.2, 0) is 4.74 Å². The van der Waals surface area contributed by atoms with Crippen molar-refractivity contribution in [2.75, 3.05) is 13.2 Å². The fourth-order valence-electron chi connectivity index (χ4n) is 0.568. The Hall–Kier alpha value is -0.500. The summed E-state index contributed by atoms with van der Waals surface area (Å²) in [5.41, 5.74) is 0.302. The summed E-state index contributed by atoms with van der Waals surface area (Å²) in [5.74, 6) is 0.0962. The van der Waals surface area contributed by atoms with Gasteiger partial charge in [-0.3, -0.25) is 0 Å². The topological polar surface area (TPSA) is 29.5 Å². The van der Waals surface area contributed by atoms with Crippen LogP contribution in [0.25, 0.3) is 0 Å². The van der Waals surface area contributed by atoms with E-state index in [1.165, 1.54) is 0 Å². The molecule has 0 aliphatic carbocycles. The molecule has 11 heavy (non-hydrogen) atoms. The lowest BCUT2D eigenvalue weighted by Crippen LogP contribution is -2.10. The first-order valence-electron chi connectivity index (χ1n) is 3.86. The first-order valence-corrected chi connectivity index (χ1v) is 3.86. The van der Waals surface area contributed by atoms with Crippen molar-refractivity contribution in [1.29, 1.82) is 0 Å². The molecule has 0 spiro atoms. The second-order valence-electron chi connectivity index (χ2n) is 3.93. The molecule has 0 saturated heterocycles. The molecule has 0 aromatic rings. The highest BCUT2D eigenvalue weighted by Gasteiger charge is 2.08. The van der Waals surface area contributed by atoms with Crippen molar-refractivity contribution < 1.29 is 9.84 Å². The lowest BCUT2D eigenvalue weighted by atomic mass is 9.93. The van der Waals surface area contributed by atoms with E-state index < -0.39 is 0 Å². The Balaban J connectivity index is 3.22. The second-order valence-corrected chi connectivity index (χ2v) is 3.93. The summed E-state index contributed by atoms with van der Waals surface area (Å²) < 4.78 is 5.12. The Morgan fingerprint density at radius 3 is 2.36 bits per heavy atom. The SMILES string of the molecule is C=C(O)COCCC(C)(C)C. The Morgan fingerprint density at radius 1 is 1.45 bits per heavy atom. The zero-order chi connectivity index (χ0) is 8.91. The van der Waals surface area contributed by atoms with Crippen molar-refractivity contribution in [2.45, 2.75) is 27.2 Å². The van der Waals surface area contributed by atoms with Gasteiger partial charge in [0.25, 0.3) is 0 Å². The third-order valence-electron chi connectivity index (χ3n) is 1.27. The summed E-state index contributed by atoms with van der Waals surface area (Å²) in [6.07, 6.45) is 1.00. The van der Waals surface area contributed by atoms with Crippen molar-refractivity contribution in [3.63, 3.8) is 0 Å². The highest BCUT2D eigenvalue weighted by Crippen LogP contribution is 2.17. The summed E-state index contributed by atoms with van der Waals surface area (Å²) >= 11 is 0. The van der Waals surface area contributed by atoms with Gasteiger partial charge in [0.05, 0.1) is 0 Å². The van der Waals surface area contributed by atoms with Crippen molar-refractivity contribution in [2.24, 2.45) is 5.41 Å². The molecule has 0 aromatic heterocycles. The van der Waals surface area contributed by atoms with Gasteiger partial charge in [0.1, 0.15) is 12.4 Å². The molecule has 2 nitrogen and oxygen atoms in total. The molecule has 0 rings (SSSR count). The molecule has 0 unspecified atom stereocenters. The van der Waals surface area contributed by atoms with E-state index in [1.807, 2.05) is 0 Å². The van der Waals surface area contributed by atoms with E-state index in [-0.39, 0.29) is 12.4 Å². The molecule has 0 atom stereocenters. The van der Waals surface area contributed by atoms with Gasteiger partial charge in [0, 0.05) is 6.61 Å². The Morgan fingerprint density at radius 2 is 2.00 bits per heavy atom. The fourth-order valence-corrected chi connectivity index (χ4v) is 0.568. The number of hydrogen-bond acceptors (Lipinski definition) is 2. The van der Waals surface area contributed by atoms with Crippen LogP contribution in [0.15, 0.2) is 12.3 Å². The molecule has 0 aliphatic rings. The van der Waals surface area contributed by atoms with Crippen molar-refractivity contribution >= 4 is 0 Å². The first-order chi connectivity index (χ1) is 4.92. The monoisotopic (exact) mass is 158 g/mol. The van der Waals surface area contributed by atoms with E-state index in [2.05, 4.69) is 27.4 Å². The van der Waals surface area contributed by atoms with Gasteiger partial charge in [-0.2, -0.15) is 0 Å². The summed E-state index contributed by atoms with van der Waals surface area (Å²) in [6, 6.07) is 0. The molecule has 0 amide bonds. The van der Waals surface area contributed by atoms with Gasteiger partial charge in [0.15, 0.2) is 0 Å². The highest BCUT2D eigenvalue weighted by molar-refractivity contribution is 4.77. The molecular formula is C9H18O2. The maximum Gasteiger partial charge on any atom is 0.111 e. The average molecular weight is 158 g/mol. The second kappa shape index (κ2) is 4.39. The van der Waals surface area contributed by atoms with Gasteiger partial charge < -0.3 is 9.84 Å². The minimum atomic E-state index is 0.0962. The molecule has 0 fully saturated rings. The van der Waals surface area contributed by atoms with E-state index in [9.17, 15) is 0 Å². The van der Waals surface area contributed by atoms with Gasteiger partial charge in [-0.1, -0.05) is 27.4 Å². The lowest BCUT2D eigenvalue weighted by Gasteiger charge is -2.17. The standard InChI is InChI=1S/C9H18O2/c1-8(10)7-11-6-5-9(2,3)4/h10H,1,5-7H2,2-4H3. The van der Waals surface area contributed by atoms with E-state index in [0.717, 1.165) is 6.42 Å². The molecule has 0 heterocycles. The minimum absolute atomic E-state index is 0.0962. The Bertz CT molecular complexity index is 122. The molecule has 0 bridgehead atoms. The number of ether oxygens (including phenoxy) is 1. The summed E-state index contributed by atoms with van der Waals surface area (Å²) in [7, 11) is 0. The predicted octanol–water partition coefficient (Wildman–Crippen LogP) is 2.51. The molecule has 0 radical (unpaired) electrons. The number of rotatable bonds is 4. The van der Waals surface area contributed by atoms with E-state index in [0.29, 0.717) is 12.0 Å². The zero-order valence-electron chi connectivity index (χ0n) is 7.68. The van der Waals surface area contributed by atoms with Crippen LogP contribution in [0.5, 0.6) is 0 Å². The van der Waals surface area contributed by atoms with Crippen LogP contribution in [0.4, 0.5) is 0 Å². The van der Waals surface area contributed by atoms with Crippen LogP contribution in [0.2, 0.25) is 0 Å². The largest absolute Gasteiger partial charge is 0.510 e. The summed E-state index contributed by atoms with van der Waals surface area (Å²) in [6.45, 7) is 10.7. The molecule has 0 saturated carbocycles. The maximum atomic E-state index is 8.66. The lowest BCUT2D eigenvalue weighted by molar-refractivity contribution is 0.105. The number of aliphatic hydroxyl groups is 1. The van der Waals surface area contributed by atoms with Crippen molar-refractivity contribution in [1.82, 2.24) is 0 Å². The quantitative estimate of drug-likeness (QED) is 0.503. The van der Waals surface area contributed by atoms with Crippen molar-refractivity contribution in [3.8, 4) is 0 Å². The van der Waals surface area contributed by atoms with Gasteiger partial charge in [0.2, 0.25) is 0 Å². The van der Waals surface area contributed by atoms with Gasteiger partial charge >= 0.3 is 0 Å². The normalized spacial score (nSPS) is 11.5. The van der Waals surface area contributed by atoms with Crippen LogP contribution in [0.3, 0.4) is 0 Å². The molecule has 66 valence electrons. The van der Waals surface area contributed by atoms with Gasteiger partial charge in [-0.15, -0.1) is 0 Å². The molecule has 1 N–H and O–H groups in total. The molecular weight excluding hydrogens is 140 g/mol. The summed E-state index contributed by atoms with van der Waals surface area (Å²) in [4.78, 5) is 0. The van der Waals surface area contributed by atoms with E-state index >= 15 is 0 Å². The number of aliphatic hydroxyl groups excluding tert-OH is 1. The van der Waals surface area contributed by atoms with Crippen LogP contribution in [-0.4, -0.2) is 18.3 Å². The Labute approximate surface area is 68.9 Å². The first kappa shape index (κ1) is 10.5. The van der Waals surface area contributed by atoms with E-state index in [1.54, 1.807) is 0 Å². The predicted molar refractivity (Wildman–Crippen MR) is 46.7 cm³/mol. The van der Waals surface area contributed by atoms with E-state index in [4.69, 9.17) is 9.84 Å². The van der Waals surface area contributed by atoms with Crippen LogP contribution in [0.1, 0.15) is 27.2 Å². The van der Waals surface area contributed by atoms with Crippen LogP contribution in [0, 0.1) is 5.41 Å². The highest BCUT2D eigenvalue weighted by atomic mass is 16.5. The molecule has 0 aliphatic heterocycles. The molecule has 0 aromatic carbocycles. The third-order valence-corrected chi connectivity index (χ3v) is 1.27. The smallest absolute Gasteiger partial charge is 0.111 e. The zero-order valence-corrected chi connectivity index (χ0v) is 7.68. The molecule has 2 heteroatoms.